The third-order valence-electron chi connectivity index (χ3n) is 2.07. The van der Waals surface area contributed by atoms with Gasteiger partial charge in [-0.05, 0) is 12.0 Å². The predicted molar refractivity (Wildman–Crippen MR) is 66.4 cm³/mol. The van der Waals surface area contributed by atoms with Gasteiger partial charge < -0.3 is 5.11 Å². The van der Waals surface area contributed by atoms with Crippen LogP contribution in [0.25, 0.3) is 5.57 Å². The molecule has 96 valence electrons. The minimum Gasteiger partial charge on any atom is -0.478 e. The molecule has 5 heteroatoms. The number of hydroxylamine groups is 1. The average molecular weight is 249 g/mol. The number of hydrogen-bond donors (Lipinski definition) is 2. The highest BCUT2D eigenvalue weighted by Crippen LogP contribution is 2.13. The zero-order chi connectivity index (χ0) is 13.4. The zero-order valence-electron chi connectivity index (χ0n) is 10.1. The maximum atomic E-state index is 11.4. The van der Waals surface area contributed by atoms with Crippen molar-refractivity contribution in [3.8, 4) is 0 Å². The molecule has 0 spiro atoms. The normalized spacial score (nSPS) is 11.1. The maximum absolute atomic E-state index is 11.4. The van der Waals surface area contributed by atoms with Crippen molar-refractivity contribution < 1.29 is 19.5 Å². The minimum atomic E-state index is -1.16. The Labute approximate surface area is 105 Å². The molecule has 0 unspecified atom stereocenters. The third-order valence-corrected chi connectivity index (χ3v) is 2.07. The smallest absolute Gasteiger partial charge is 0.336 e. The number of amides is 1. The third kappa shape index (κ3) is 4.39. The number of benzene rings is 1. The van der Waals surface area contributed by atoms with E-state index in [0.29, 0.717) is 12.2 Å². The van der Waals surface area contributed by atoms with Crippen LogP contribution >= 0.6 is 0 Å². The number of rotatable bonds is 6. The van der Waals surface area contributed by atoms with E-state index in [-0.39, 0.29) is 5.57 Å². The van der Waals surface area contributed by atoms with E-state index in [2.05, 4.69) is 5.48 Å². The maximum Gasteiger partial charge on any atom is 0.336 e. The summed E-state index contributed by atoms with van der Waals surface area (Å²) in [6.07, 6.45) is 1.77. The number of hydrogen-bond acceptors (Lipinski definition) is 3. The number of carboxylic acids is 1. The van der Waals surface area contributed by atoms with Gasteiger partial charge in [0.25, 0.3) is 5.91 Å². The first-order chi connectivity index (χ1) is 8.65. The van der Waals surface area contributed by atoms with E-state index >= 15 is 0 Å². The fourth-order valence-electron chi connectivity index (χ4n) is 1.27. The van der Waals surface area contributed by atoms with Crippen molar-refractivity contribution in [2.75, 3.05) is 6.61 Å². The first-order valence-electron chi connectivity index (χ1n) is 5.57. The van der Waals surface area contributed by atoms with Gasteiger partial charge in [0.2, 0.25) is 0 Å². The van der Waals surface area contributed by atoms with Crippen molar-refractivity contribution >= 4 is 17.4 Å². The summed E-state index contributed by atoms with van der Waals surface area (Å²) in [5.74, 6) is -1.75. The molecule has 0 atom stereocenters. The first-order valence-corrected chi connectivity index (χ1v) is 5.57. The van der Waals surface area contributed by atoms with Crippen molar-refractivity contribution in [2.45, 2.75) is 13.3 Å². The van der Waals surface area contributed by atoms with E-state index in [1.807, 2.05) is 6.92 Å². The molecule has 1 rings (SSSR count). The van der Waals surface area contributed by atoms with Crippen LogP contribution in [0, 0.1) is 0 Å². The molecule has 0 bridgehead atoms. The van der Waals surface area contributed by atoms with Crippen LogP contribution in [0.1, 0.15) is 18.9 Å². The van der Waals surface area contributed by atoms with E-state index in [1.54, 1.807) is 30.3 Å². The van der Waals surface area contributed by atoms with Crippen LogP contribution in [0.2, 0.25) is 0 Å². The number of carbonyl (C=O) groups excluding carboxylic acids is 1. The summed E-state index contributed by atoms with van der Waals surface area (Å²) in [5.41, 5.74) is 2.55. The lowest BCUT2D eigenvalue weighted by molar-refractivity contribution is -0.131. The summed E-state index contributed by atoms with van der Waals surface area (Å²) in [5, 5.41) is 9.06. The molecule has 2 N–H and O–H groups in total. The fourth-order valence-corrected chi connectivity index (χ4v) is 1.27. The van der Waals surface area contributed by atoms with Crippen LogP contribution in [0.4, 0.5) is 0 Å². The molecule has 0 fully saturated rings. The second-order valence-electron chi connectivity index (χ2n) is 3.54. The van der Waals surface area contributed by atoms with Crippen molar-refractivity contribution in [3.63, 3.8) is 0 Å². The molecule has 0 aliphatic rings. The van der Waals surface area contributed by atoms with Crippen molar-refractivity contribution in [1.82, 2.24) is 5.48 Å². The van der Waals surface area contributed by atoms with Gasteiger partial charge in [0.1, 0.15) is 0 Å². The Bertz CT molecular complexity index is 440. The lowest BCUT2D eigenvalue weighted by Crippen LogP contribution is -2.22. The Balaban J connectivity index is 2.80. The molecule has 0 saturated carbocycles. The highest BCUT2D eigenvalue weighted by atomic mass is 16.6. The Morgan fingerprint density at radius 2 is 2.00 bits per heavy atom. The largest absolute Gasteiger partial charge is 0.478 e. The van der Waals surface area contributed by atoms with E-state index in [1.165, 1.54) is 0 Å². The predicted octanol–water partition coefficient (Wildman–Crippen LogP) is 1.61. The molecule has 0 aromatic heterocycles. The fraction of sp³-hybridized carbons (Fsp3) is 0.231. The van der Waals surface area contributed by atoms with Crippen LogP contribution < -0.4 is 5.48 Å². The summed E-state index contributed by atoms with van der Waals surface area (Å²) in [7, 11) is 0. The number of aliphatic carboxylic acids is 1. The van der Waals surface area contributed by atoms with Gasteiger partial charge in [-0.1, -0.05) is 37.3 Å². The van der Waals surface area contributed by atoms with Crippen LogP contribution in [0.5, 0.6) is 0 Å². The molecule has 0 radical (unpaired) electrons. The number of nitrogens with one attached hydrogen (secondary N) is 1. The van der Waals surface area contributed by atoms with Gasteiger partial charge in [0, 0.05) is 6.08 Å². The van der Waals surface area contributed by atoms with Crippen molar-refractivity contribution in [1.29, 1.82) is 0 Å². The molecule has 0 aliphatic carbocycles. The van der Waals surface area contributed by atoms with Gasteiger partial charge in [-0.25, -0.2) is 10.3 Å². The molecule has 18 heavy (non-hydrogen) atoms. The lowest BCUT2D eigenvalue weighted by Gasteiger charge is -2.04. The monoisotopic (exact) mass is 249 g/mol. The van der Waals surface area contributed by atoms with Crippen LogP contribution in [-0.4, -0.2) is 23.6 Å². The molecular formula is C13H15NO4. The van der Waals surface area contributed by atoms with Crippen LogP contribution in [0.15, 0.2) is 36.4 Å². The quantitative estimate of drug-likeness (QED) is 0.456. The van der Waals surface area contributed by atoms with Gasteiger partial charge in [-0.15, -0.1) is 0 Å². The van der Waals surface area contributed by atoms with Crippen LogP contribution in [0.3, 0.4) is 0 Å². The highest BCUT2D eigenvalue weighted by molar-refractivity contribution is 6.20. The Hall–Kier alpha value is -2.14. The molecule has 1 aromatic carbocycles. The summed E-state index contributed by atoms with van der Waals surface area (Å²) >= 11 is 0. The Morgan fingerprint density at radius 3 is 2.56 bits per heavy atom. The number of carboxylic acid groups (broad SMARTS) is 1. The lowest BCUT2D eigenvalue weighted by atomic mass is 10.1. The van der Waals surface area contributed by atoms with Crippen LogP contribution in [-0.2, 0) is 14.4 Å². The molecule has 1 amide bonds. The van der Waals surface area contributed by atoms with Gasteiger partial charge in [-0.3, -0.25) is 9.63 Å². The second-order valence-corrected chi connectivity index (χ2v) is 3.54. The Morgan fingerprint density at radius 1 is 1.33 bits per heavy atom. The van der Waals surface area contributed by atoms with Gasteiger partial charge in [-0.2, -0.15) is 0 Å². The molecular weight excluding hydrogens is 234 g/mol. The molecule has 0 heterocycles. The van der Waals surface area contributed by atoms with E-state index in [4.69, 9.17) is 9.94 Å². The average Bonchev–Trinajstić information content (AvgIpc) is 2.37. The summed E-state index contributed by atoms with van der Waals surface area (Å²) in [4.78, 5) is 27.3. The van der Waals surface area contributed by atoms with Gasteiger partial charge in [0.05, 0.1) is 12.2 Å². The number of carbonyl (C=O) groups is 2. The molecule has 1 aromatic rings. The van der Waals surface area contributed by atoms with Crippen molar-refractivity contribution in [2.24, 2.45) is 0 Å². The summed E-state index contributed by atoms with van der Waals surface area (Å²) < 4.78 is 0. The van der Waals surface area contributed by atoms with E-state index in [9.17, 15) is 9.59 Å². The topological polar surface area (TPSA) is 75.6 Å². The summed E-state index contributed by atoms with van der Waals surface area (Å²) in [6.45, 7) is 2.28. The van der Waals surface area contributed by atoms with Gasteiger partial charge >= 0.3 is 5.97 Å². The summed E-state index contributed by atoms with van der Waals surface area (Å²) in [6, 6.07) is 8.43. The standard InChI is InChI=1S/C13H15NO4/c1-2-8-18-14-12(15)9-11(13(16)17)10-6-4-3-5-7-10/h3-7,9H,2,8H2,1H3,(H,14,15)(H,16,17). The van der Waals surface area contributed by atoms with E-state index < -0.39 is 11.9 Å². The zero-order valence-corrected chi connectivity index (χ0v) is 10.1. The van der Waals surface area contributed by atoms with E-state index in [0.717, 1.165) is 12.5 Å². The minimum absolute atomic E-state index is 0.0757. The van der Waals surface area contributed by atoms with Crippen molar-refractivity contribution in [3.05, 3.63) is 42.0 Å². The molecule has 0 aliphatic heterocycles. The molecule has 5 nitrogen and oxygen atoms in total. The first kappa shape index (κ1) is 13.9. The second kappa shape index (κ2) is 7.24. The van der Waals surface area contributed by atoms with Gasteiger partial charge in [0.15, 0.2) is 0 Å². The Kier molecular flexibility index (Phi) is 5.60. The molecule has 0 saturated heterocycles. The highest BCUT2D eigenvalue weighted by Gasteiger charge is 2.12. The SMILES string of the molecule is CCCONC(=O)C=C(C(=O)O)c1ccccc1.